The number of hydrogen-bond donors (Lipinski definition) is 1. The minimum atomic E-state index is -0.247. The van der Waals surface area contributed by atoms with Crippen molar-refractivity contribution in [2.24, 2.45) is 5.41 Å². The number of terminal acetylenes is 1. The summed E-state index contributed by atoms with van der Waals surface area (Å²) in [7, 11) is 0. The van der Waals surface area contributed by atoms with E-state index < -0.39 is 0 Å². The van der Waals surface area contributed by atoms with Crippen LogP contribution in [0.25, 0.3) is 0 Å². The zero-order chi connectivity index (χ0) is 10.1. The van der Waals surface area contributed by atoms with Crippen LogP contribution in [0.15, 0.2) is 11.1 Å². The monoisotopic (exact) mass is 178 g/mol. The van der Waals surface area contributed by atoms with Crippen LogP contribution >= 0.6 is 0 Å². The predicted molar refractivity (Wildman–Crippen MR) is 55.2 cm³/mol. The van der Waals surface area contributed by atoms with E-state index in [1.807, 2.05) is 6.92 Å². The number of allylic oxidation sites excluding steroid dienone is 1. The van der Waals surface area contributed by atoms with Gasteiger partial charge >= 0.3 is 0 Å². The standard InChI is InChI=1S/C12H18O/c1-5-6-7-10-9(2)11(13)8-12(10,3)4/h1,11,13H,6-8H2,2-4H3/t11-/m0/s1. The third-order valence-electron chi connectivity index (χ3n) is 3.02. The Hall–Kier alpha value is -0.740. The van der Waals surface area contributed by atoms with Gasteiger partial charge in [0.2, 0.25) is 0 Å². The summed E-state index contributed by atoms with van der Waals surface area (Å²) in [5, 5.41) is 9.69. The second-order valence-electron chi connectivity index (χ2n) is 4.47. The van der Waals surface area contributed by atoms with Gasteiger partial charge in [0, 0.05) is 6.42 Å². The SMILES string of the molecule is C#CCCC1=C(C)[C@@H](O)CC1(C)C. The van der Waals surface area contributed by atoms with Gasteiger partial charge < -0.3 is 5.11 Å². The Balaban J connectivity index is 2.83. The molecule has 0 fully saturated rings. The van der Waals surface area contributed by atoms with Gasteiger partial charge in [-0.05, 0) is 30.8 Å². The molecule has 0 saturated heterocycles. The lowest BCUT2D eigenvalue weighted by molar-refractivity contribution is 0.182. The highest BCUT2D eigenvalue weighted by Crippen LogP contribution is 2.44. The molecule has 1 atom stereocenters. The van der Waals surface area contributed by atoms with E-state index in [0.29, 0.717) is 0 Å². The third-order valence-corrected chi connectivity index (χ3v) is 3.02. The molecule has 13 heavy (non-hydrogen) atoms. The summed E-state index contributed by atoms with van der Waals surface area (Å²) >= 11 is 0. The number of rotatable bonds is 2. The summed E-state index contributed by atoms with van der Waals surface area (Å²) in [6.07, 6.45) is 7.56. The molecule has 0 aromatic heterocycles. The van der Waals surface area contributed by atoms with Crippen molar-refractivity contribution in [3.63, 3.8) is 0 Å². The van der Waals surface area contributed by atoms with Crippen LogP contribution in [-0.4, -0.2) is 11.2 Å². The maximum atomic E-state index is 9.69. The molecule has 0 heterocycles. The summed E-state index contributed by atoms with van der Waals surface area (Å²) in [5.41, 5.74) is 2.64. The van der Waals surface area contributed by atoms with E-state index in [2.05, 4.69) is 19.8 Å². The third kappa shape index (κ3) is 1.95. The van der Waals surface area contributed by atoms with Gasteiger partial charge in [-0.3, -0.25) is 0 Å². The molecule has 1 rings (SSSR count). The number of aliphatic hydroxyl groups is 1. The maximum absolute atomic E-state index is 9.69. The fourth-order valence-electron chi connectivity index (χ4n) is 2.23. The minimum absolute atomic E-state index is 0.139. The van der Waals surface area contributed by atoms with Crippen LogP contribution in [-0.2, 0) is 0 Å². The van der Waals surface area contributed by atoms with Crippen LogP contribution in [0.4, 0.5) is 0 Å². The predicted octanol–water partition coefficient (Wildman–Crippen LogP) is 2.51. The van der Waals surface area contributed by atoms with Gasteiger partial charge in [0.25, 0.3) is 0 Å². The van der Waals surface area contributed by atoms with E-state index >= 15 is 0 Å². The first-order valence-electron chi connectivity index (χ1n) is 4.80. The van der Waals surface area contributed by atoms with Gasteiger partial charge in [-0.25, -0.2) is 0 Å². The van der Waals surface area contributed by atoms with Gasteiger partial charge in [0.15, 0.2) is 0 Å². The normalized spacial score (nSPS) is 26.2. The summed E-state index contributed by atoms with van der Waals surface area (Å²) in [6, 6.07) is 0. The largest absolute Gasteiger partial charge is 0.389 e. The van der Waals surface area contributed by atoms with Crippen molar-refractivity contribution >= 4 is 0 Å². The van der Waals surface area contributed by atoms with Crippen molar-refractivity contribution in [1.82, 2.24) is 0 Å². The molecule has 1 N–H and O–H groups in total. The molecule has 0 bridgehead atoms. The lowest BCUT2D eigenvalue weighted by Gasteiger charge is -2.22. The number of hydrogen-bond acceptors (Lipinski definition) is 1. The second kappa shape index (κ2) is 3.55. The molecule has 1 heteroatoms. The molecule has 1 aliphatic carbocycles. The Morgan fingerprint density at radius 1 is 1.62 bits per heavy atom. The first-order chi connectivity index (χ1) is 5.99. The summed E-state index contributed by atoms with van der Waals surface area (Å²) in [5.74, 6) is 2.65. The molecule has 1 aliphatic rings. The van der Waals surface area contributed by atoms with Crippen molar-refractivity contribution in [2.75, 3.05) is 0 Å². The Morgan fingerprint density at radius 2 is 2.23 bits per heavy atom. The second-order valence-corrected chi connectivity index (χ2v) is 4.47. The minimum Gasteiger partial charge on any atom is -0.389 e. The maximum Gasteiger partial charge on any atom is 0.0758 e. The zero-order valence-corrected chi connectivity index (χ0v) is 8.72. The summed E-state index contributed by atoms with van der Waals surface area (Å²) in [4.78, 5) is 0. The average molecular weight is 178 g/mol. The first-order valence-corrected chi connectivity index (χ1v) is 4.80. The lowest BCUT2D eigenvalue weighted by Crippen LogP contribution is -2.12. The lowest BCUT2D eigenvalue weighted by atomic mass is 9.83. The van der Waals surface area contributed by atoms with Crippen LogP contribution in [0, 0.1) is 17.8 Å². The molecule has 1 nitrogen and oxygen atoms in total. The molecule has 0 unspecified atom stereocenters. The zero-order valence-electron chi connectivity index (χ0n) is 8.72. The van der Waals surface area contributed by atoms with Gasteiger partial charge in [0.1, 0.15) is 0 Å². The van der Waals surface area contributed by atoms with E-state index in [-0.39, 0.29) is 11.5 Å². The Morgan fingerprint density at radius 3 is 2.62 bits per heavy atom. The average Bonchev–Trinajstić information content (AvgIpc) is 2.20. The molecule has 0 radical (unpaired) electrons. The molecule has 0 amide bonds. The van der Waals surface area contributed by atoms with E-state index in [1.54, 1.807) is 0 Å². The van der Waals surface area contributed by atoms with Crippen molar-refractivity contribution in [1.29, 1.82) is 0 Å². The molecule has 0 spiro atoms. The Labute approximate surface area is 80.9 Å². The van der Waals surface area contributed by atoms with E-state index in [4.69, 9.17) is 6.42 Å². The fraction of sp³-hybridized carbons (Fsp3) is 0.667. The molecular weight excluding hydrogens is 160 g/mol. The van der Waals surface area contributed by atoms with Gasteiger partial charge in [-0.2, -0.15) is 0 Å². The van der Waals surface area contributed by atoms with Gasteiger partial charge in [-0.15, -0.1) is 12.3 Å². The van der Waals surface area contributed by atoms with Crippen LogP contribution in [0.1, 0.15) is 40.0 Å². The Kier molecular flexibility index (Phi) is 2.83. The molecule has 72 valence electrons. The Bertz CT molecular complexity index is 265. The van der Waals surface area contributed by atoms with Crippen LogP contribution in [0.2, 0.25) is 0 Å². The molecule has 0 aromatic rings. The van der Waals surface area contributed by atoms with Crippen LogP contribution in [0.5, 0.6) is 0 Å². The van der Waals surface area contributed by atoms with E-state index in [1.165, 1.54) is 5.57 Å². The highest BCUT2D eigenvalue weighted by molar-refractivity contribution is 5.29. The van der Waals surface area contributed by atoms with Crippen molar-refractivity contribution in [2.45, 2.75) is 46.1 Å². The van der Waals surface area contributed by atoms with Crippen LogP contribution in [0.3, 0.4) is 0 Å². The highest BCUT2D eigenvalue weighted by Gasteiger charge is 2.35. The topological polar surface area (TPSA) is 20.2 Å². The highest BCUT2D eigenvalue weighted by atomic mass is 16.3. The van der Waals surface area contributed by atoms with Crippen molar-refractivity contribution in [3.05, 3.63) is 11.1 Å². The number of aliphatic hydroxyl groups excluding tert-OH is 1. The van der Waals surface area contributed by atoms with Crippen LogP contribution < -0.4 is 0 Å². The van der Waals surface area contributed by atoms with E-state index in [9.17, 15) is 5.11 Å². The van der Waals surface area contributed by atoms with E-state index in [0.717, 1.165) is 24.8 Å². The van der Waals surface area contributed by atoms with Crippen molar-refractivity contribution < 1.29 is 5.11 Å². The first kappa shape index (κ1) is 10.3. The van der Waals surface area contributed by atoms with Crippen molar-refractivity contribution in [3.8, 4) is 12.3 Å². The quantitative estimate of drug-likeness (QED) is 0.509. The fourth-order valence-corrected chi connectivity index (χ4v) is 2.23. The molecule has 0 aliphatic heterocycles. The molecule has 0 aromatic carbocycles. The van der Waals surface area contributed by atoms with Gasteiger partial charge in [0.05, 0.1) is 6.10 Å². The summed E-state index contributed by atoms with van der Waals surface area (Å²) in [6.45, 7) is 6.38. The van der Waals surface area contributed by atoms with Gasteiger partial charge in [-0.1, -0.05) is 19.4 Å². The molecule has 0 saturated carbocycles. The summed E-state index contributed by atoms with van der Waals surface area (Å²) < 4.78 is 0. The smallest absolute Gasteiger partial charge is 0.0758 e. The molecular formula is C12H18O.